The van der Waals surface area contributed by atoms with Gasteiger partial charge in [-0.25, -0.2) is 14.8 Å². The van der Waals surface area contributed by atoms with Crippen LogP contribution in [0, 0.1) is 0 Å². The Labute approximate surface area is 146 Å². The minimum atomic E-state index is -0.493. The van der Waals surface area contributed by atoms with Gasteiger partial charge in [0.1, 0.15) is 10.8 Å². The quantitative estimate of drug-likeness (QED) is 0.661. The third-order valence-electron chi connectivity index (χ3n) is 3.40. The van der Waals surface area contributed by atoms with Crippen molar-refractivity contribution in [1.82, 2.24) is 20.2 Å². The fourth-order valence-electron chi connectivity index (χ4n) is 2.50. The average molecular weight is 361 g/mol. The predicted molar refractivity (Wildman–Crippen MR) is 89.7 cm³/mol. The maximum Gasteiger partial charge on any atom is 0.407 e. The van der Waals surface area contributed by atoms with Gasteiger partial charge in [-0.15, -0.1) is 0 Å². The second kappa shape index (κ2) is 7.64. The van der Waals surface area contributed by atoms with E-state index in [0.717, 1.165) is 31.5 Å². The maximum atomic E-state index is 11.9. The highest BCUT2D eigenvalue weighted by molar-refractivity contribution is 6.32. The number of nitrogens with one attached hydrogen (secondary N) is 1. The molecule has 2 rings (SSSR count). The molecule has 23 heavy (non-hydrogen) atoms. The van der Waals surface area contributed by atoms with E-state index in [4.69, 9.17) is 27.9 Å². The van der Waals surface area contributed by atoms with E-state index in [2.05, 4.69) is 20.2 Å². The van der Waals surface area contributed by atoms with Crippen molar-refractivity contribution in [3.05, 3.63) is 22.2 Å². The lowest BCUT2D eigenvalue weighted by atomic mass is 10.1. The van der Waals surface area contributed by atoms with Crippen molar-refractivity contribution in [3.8, 4) is 0 Å². The molecule has 1 atom stereocenters. The smallest absolute Gasteiger partial charge is 0.407 e. The van der Waals surface area contributed by atoms with Crippen molar-refractivity contribution in [2.75, 3.05) is 13.1 Å². The van der Waals surface area contributed by atoms with Gasteiger partial charge >= 0.3 is 6.09 Å². The topological polar surface area (TPSA) is 67.3 Å². The Morgan fingerprint density at radius 2 is 2.22 bits per heavy atom. The molecule has 0 spiro atoms. The van der Waals surface area contributed by atoms with Gasteiger partial charge in [0.05, 0.1) is 0 Å². The number of alkyl carbamates (subject to hydrolysis) is 1. The summed E-state index contributed by atoms with van der Waals surface area (Å²) in [6.07, 6.45) is 3.19. The number of piperidine rings is 1. The fraction of sp³-hybridized carbons (Fsp3) is 0.667. The molecule has 0 bridgehead atoms. The van der Waals surface area contributed by atoms with Gasteiger partial charge in [-0.2, -0.15) is 0 Å². The molecule has 0 aliphatic carbocycles. The summed E-state index contributed by atoms with van der Waals surface area (Å²) < 4.78 is 5.30. The van der Waals surface area contributed by atoms with Crippen molar-refractivity contribution in [2.24, 2.45) is 0 Å². The summed E-state index contributed by atoms with van der Waals surface area (Å²) >= 11 is 11.8. The van der Waals surface area contributed by atoms with E-state index in [1.54, 1.807) is 6.20 Å². The number of ether oxygens (including phenoxy) is 1. The Balaban J connectivity index is 1.89. The molecule has 8 heteroatoms. The molecule has 6 nitrogen and oxygen atoms in total. The fourth-order valence-corrected chi connectivity index (χ4v) is 2.87. The van der Waals surface area contributed by atoms with Crippen molar-refractivity contribution >= 4 is 29.3 Å². The number of rotatable bonds is 3. The monoisotopic (exact) mass is 360 g/mol. The third-order valence-corrected chi connectivity index (χ3v) is 3.91. The average Bonchev–Trinajstić information content (AvgIpc) is 2.40. The number of carbonyl (C=O) groups is 1. The summed E-state index contributed by atoms with van der Waals surface area (Å²) in [5, 5.41) is 3.44. The number of aromatic nitrogens is 2. The zero-order valence-electron chi connectivity index (χ0n) is 13.6. The Morgan fingerprint density at radius 1 is 1.48 bits per heavy atom. The summed E-state index contributed by atoms with van der Waals surface area (Å²) in [5.74, 6) is 0. The first-order valence-electron chi connectivity index (χ1n) is 7.62. The van der Waals surface area contributed by atoms with E-state index in [9.17, 15) is 4.79 Å². The van der Waals surface area contributed by atoms with Gasteiger partial charge in [-0.3, -0.25) is 4.90 Å². The molecule has 0 aromatic carbocycles. The van der Waals surface area contributed by atoms with Crippen LogP contribution in [-0.4, -0.2) is 45.7 Å². The number of carbonyl (C=O) groups excluding carboxylic acids is 1. The van der Waals surface area contributed by atoms with Crippen LogP contribution in [-0.2, 0) is 11.3 Å². The van der Waals surface area contributed by atoms with Gasteiger partial charge in [0.15, 0.2) is 0 Å². The van der Waals surface area contributed by atoms with Gasteiger partial charge in [-0.1, -0.05) is 11.6 Å². The van der Waals surface area contributed by atoms with Gasteiger partial charge < -0.3 is 10.1 Å². The second-order valence-electron chi connectivity index (χ2n) is 6.68. The van der Waals surface area contributed by atoms with E-state index < -0.39 is 5.60 Å². The molecule has 128 valence electrons. The maximum absolute atomic E-state index is 11.9. The SMILES string of the molecule is CC(C)(C)OC(=O)N[C@H]1CCCN(Cc2cnc(Cl)nc2Cl)C1. The minimum absolute atomic E-state index is 0.0607. The number of hydrogen-bond acceptors (Lipinski definition) is 5. The van der Waals surface area contributed by atoms with E-state index in [1.807, 2.05) is 20.8 Å². The lowest BCUT2D eigenvalue weighted by Crippen LogP contribution is -2.48. The van der Waals surface area contributed by atoms with Gasteiger partial charge in [0.25, 0.3) is 0 Å². The molecule has 0 unspecified atom stereocenters. The number of likely N-dealkylation sites (tertiary alicyclic amines) is 1. The predicted octanol–water partition coefficient (Wildman–Crippen LogP) is 3.27. The Hall–Kier alpha value is -1.11. The van der Waals surface area contributed by atoms with Crippen LogP contribution >= 0.6 is 23.2 Å². The first kappa shape index (κ1) is 18.2. The van der Waals surface area contributed by atoms with Gasteiger partial charge in [0, 0.05) is 30.9 Å². The molecule has 2 heterocycles. The first-order chi connectivity index (χ1) is 10.7. The lowest BCUT2D eigenvalue weighted by Gasteiger charge is -2.33. The zero-order valence-corrected chi connectivity index (χ0v) is 15.1. The van der Waals surface area contributed by atoms with E-state index in [0.29, 0.717) is 11.7 Å². The Bertz CT molecular complexity index is 563. The Kier molecular flexibility index (Phi) is 6.06. The molecule has 0 saturated carbocycles. The highest BCUT2D eigenvalue weighted by Gasteiger charge is 2.24. The number of hydrogen-bond donors (Lipinski definition) is 1. The summed E-state index contributed by atoms with van der Waals surface area (Å²) in [6.45, 7) is 7.85. The molecule has 1 aromatic heterocycles. The molecular weight excluding hydrogens is 339 g/mol. The van der Waals surface area contributed by atoms with Crippen molar-refractivity contribution < 1.29 is 9.53 Å². The number of halogens is 2. The molecule has 1 fully saturated rings. The van der Waals surface area contributed by atoms with Gasteiger partial charge in [0.2, 0.25) is 5.28 Å². The van der Waals surface area contributed by atoms with Crippen LogP contribution in [0.15, 0.2) is 6.20 Å². The zero-order chi connectivity index (χ0) is 17.0. The van der Waals surface area contributed by atoms with Crippen LogP contribution < -0.4 is 5.32 Å². The highest BCUT2D eigenvalue weighted by atomic mass is 35.5. The summed E-state index contributed by atoms with van der Waals surface area (Å²) in [7, 11) is 0. The van der Waals surface area contributed by atoms with Crippen LogP contribution in [0.3, 0.4) is 0 Å². The molecule has 1 saturated heterocycles. The lowest BCUT2D eigenvalue weighted by molar-refractivity contribution is 0.0470. The molecule has 1 aromatic rings. The summed E-state index contributed by atoms with van der Waals surface area (Å²) in [5.41, 5.74) is 0.334. The van der Waals surface area contributed by atoms with Crippen LogP contribution in [0.25, 0.3) is 0 Å². The largest absolute Gasteiger partial charge is 0.444 e. The van der Waals surface area contributed by atoms with Crippen LogP contribution in [0.2, 0.25) is 10.4 Å². The highest BCUT2D eigenvalue weighted by Crippen LogP contribution is 2.19. The summed E-state index contributed by atoms with van der Waals surface area (Å²) in [6, 6.07) is 0.0607. The molecule has 0 radical (unpaired) electrons. The first-order valence-corrected chi connectivity index (χ1v) is 8.37. The van der Waals surface area contributed by atoms with Crippen molar-refractivity contribution in [1.29, 1.82) is 0 Å². The van der Waals surface area contributed by atoms with Crippen molar-refractivity contribution in [2.45, 2.75) is 51.8 Å². The molecule has 1 aliphatic rings. The van der Waals surface area contributed by atoms with Crippen molar-refractivity contribution in [3.63, 3.8) is 0 Å². The van der Waals surface area contributed by atoms with Gasteiger partial charge in [-0.05, 0) is 51.8 Å². The third kappa shape index (κ3) is 6.12. The Morgan fingerprint density at radius 3 is 2.87 bits per heavy atom. The van der Waals surface area contributed by atoms with Crippen LogP contribution in [0.4, 0.5) is 4.79 Å². The minimum Gasteiger partial charge on any atom is -0.444 e. The number of amides is 1. The standard InChI is InChI=1S/C15H22Cl2N4O2/c1-15(2,3)23-14(22)19-11-5-4-6-21(9-11)8-10-7-18-13(17)20-12(10)16/h7,11H,4-6,8-9H2,1-3H3,(H,19,22)/t11-/m0/s1. The molecular formula is C15H22Cl2N4O2. The van der Waals surface area contributed by atoms with E-state index >= 15 is 0 Å². The summed E-state index contributed by atoms with van der Waals surface area (Å²) in [4.78, 5) is 22.0. The number of nitrogens with zero attached hydrogens (tertiary/aromatic N) is 3. The molecule has 1 N–H and O–H groups in total. The normalized spacial score (nSPS) is 19.4. The van der Waals surface area contributed by atoms with Crippen LogP contribution in [0.1, 0.15) is 39.2 Å². The second-order valence-corrected chi connectivity index (χ2v) is 7.37. The van der Waals surface area contributed by atoms with E-state index in [1.165, 1.54) is 0 Å². The van der Waals surface area contributed by atoms with Crippen LogP contribution in [0.5, 0.6) is 0 Å². The molecule has 1 aliphatic heterocycles. The molecule has 1 amide bonds. The van der Waals surface area contributed by atoms with E-state index in [-0.39, 0.29) is 17.4 Å².